The van der Waals surface area contributed by atoms with Crippen molar-refractivity contribution in [3.63, 3.8) is 0 Å². The standard InChI is InChI=1S/C20H22FN5O/c21-15-4-1-3-14-17(9-12-23-19(14)15)25-20(27)26-18-6-2-5-16(24-18)13-7-10-22-11-8-13/h1-6,9,12-13,18,22,24H,7-8,10-11H2,(H2,23,25,26,27). The number of benzene rings is 1. The fourth-order valence-electron chi connectivity index (χ4n) is 3.57. The highest BCUT2D eigenvalue weighted by atomic mass is 19.1. The highest BCUT2D eigenvalue weighted by molar-refractivity contribution is 6.00. The van der Waals surface area contributed by atoms with Crippen molar-refractivity contribution >= 4 is 22.6 Å². The van der Waals surface area contributed by atoms with Gasteiger partial charge in [-0.2, -0.15) is 0 Å². The molecule has 27 heavy (non-hydrogen) atoms. The Morgan fingerprint density at radius 1 is 1.22 bits per heavy atom. The molecule has 2 aromatic rings. The third-order valence-electron chi connectivity index (χ3n) is 4.94. The zero-order chi connectivity index (χ0) is 18.6. The summed E-state index contributed by atoms with van der Waals surface area (Å²) in [6.45, 7) is 2.02. The second-order valence-corrected chi connectivity index (χ2v) is 6.75. The Labute approximate surface area is 156 Å². The minimum Gasteiger partial charge on any atom is -0.365 e. The maximum Gasteiger partial charge on any atom is 0.321 e. The number of urea groups is 1. The summed E-state index contributed by atoms with van der Waals surface area (Å²) in [5, 5.41) is 13.0. The molecule has 1 aromatic heterocycles. The van der Waals surface area contributed by atoms with Crippen molar-refractivity contribution in [1.82, 2.24) is 20.9 Å². The number of nitrogens with zero attached hydrogens (tertiary/aromatic N) is 1. The number of fused-ring (bicyclic) bond motifs is 1. The molecule has 3 heterocycles. The summed E-state index contributed by atoms with van der Waals surface area (Å²) < 4.78 is 13.9. The lowest BCUT2D eigenvalue weighted by atomic mass is 9.93. The summed E-state index contributed by atoms with van der Waals surface area (Å²) in [5.74, 6) is 0.0702. The van der Waals surface area contributed by atoms with Gasteiger partial charge in [-0.3, -0.25) is 4.98 Å². The number of hydrogen-bond acceptors (Lipinski definition) is 4. The van der Waals surface area contributed by atoms with Crippen LogP contribution in [0.3, 0.4) is 0 Å². The zero-order valence-corrected chi connectivity index (χ0v) is 14.8. The number of anilines is 1. The van der Waals surface area contributed by atoms with Crippen molar-refractivity contribution in [1.29, 1.82) is 0 Å². The first-order valence-corrected chi connectivity index (χ1v) is 9.17. The number of nitrogens with one attached hydrogen (secondary N) is 4. The molecule has 2 aliphatic rings. The molecule has 0 saturated carbocycles. The molecule has 0 radical (unpaired) electrons. The number of halogens is 1. The molecule has 1 atom stereocenters. The van der Waals surface area contributed by atoms with E-state index in [-0.39, 0.29) is 17.7 Å². The number of rotatable bonds is 3. The smallest absolute Gasteiger partial charge is 0.321 e. The summed E-state index contributed by atoms with van der Waals surface area (Å²) in [5.41, 5.74) is 1.91. The van der Waals surface area contributed by atoms with E-state index in [4.69, 9.17) is 0 Å². The zero-order valence-electron chi connectivity index (χ0n) is 14.8. The number of carbonyl (C=O) groups excluding carboxylic acids is 1. The number of para-hydroxylation sites is 1. The topological polar surface area (TPSA) is 78.1 Å². The normalized spacial score (nSPS) is 20.0. The Balaban J connectivity index is 1.41. The maximum absolute atomic E-state index is 13.9. The van der Waals surface area contributed by atoms with Crippen molar-refractivity contribution in [3.8, 4) is 0 Å². The summed E-state index contributed by atoms with van der Waals surface area (Å²) in [4.78, 5) is 16.5. The van der Waals surface area contributed by atoms with Crippen LogP contribution in [0.4, 0.5) is 14.9 Å². The van der Waals surface area contributed by atoms with Crippen LogP contribution in [0.15, 0.2) is 54.4 Å². The second-order valence-electron chi connectivity index (χ2n) is 6.75. The predicted molar refractivity (Wildman–Crippen MR) is 104 cm³/mol. The Hall–Kier alpha value is -2.93. The molecule has 7 heteroatoms. The molecule has 1 saturated heterocycles. The van der Waals surface area contributed by atoms with Gasteiger partial charge in [0.05, 0.1) is 5.69 Å². The average Bonchev–Trinajstić information content (AvgIpc) is 2.70. The van der Waals surface area contributed by atoms with Gasteiger partial charge in [0.1, 0.15) is 17.5 Å². The molecule has 2 amide bonds. The number of allylic oxidation sites excluding steroid dienone is 3. The fraction of sp³-hybridized carbons (Fsp3) is 0.300. The quantitative estimate of drug-likeness (QED) is 0.673. The van der Waals surface area contributed by atoms with Crippen LogP contribution in [-0.2, 0) is 0 Å². The molecule has 1 fully saturated rings. The number of hydrogen-bond donors (Lipinski definition) is 4. The van der Waals surface area contributed by atoms with Crippen LogP contribution in [0.5, 0.6) is 0 Å². The molecule has 4 rings (SSSR count). The van der Waals surface area contributed by atoms with Crippen molar-refractivity contribution in [2.45, 2.75) is 19.0 Å². The number of amides is 2. The van der Waals surface area contributed by atoms with E-state index in [0.717, 1.165) is 31.6 Å². The lowest BCUT2D eigenvalue weighted by Crippen LogP contribution is -2.48. The van der Waals surface area contributed by atoms with Gasteiger partial charge in [0.25, 0.3) is 0 Å². The SMILES string of the molecule is O=C(Nc1ccnc2c(F)cccc12)NC1C=CC=C(C2CCNCC2)N1. The number of dihydropyridines is 1. The maximum atomic E-state index is 13.9. The molecule has 4 N–H and O–H groups in total. The number of piperidine rings is 1. The van der Waals surface area contributed by atoms with E-state index in [1.165, 1.54) is 12.3 Å². The summed E-state index contributed by atoms with van der Waals surface area (Å²) in [7, 11) is 0. The number of pyridine rings is 1. The second kappa shape index (κ2) is 7.75. The van der Waals surface area contributed by atoms with E-state index in [9.17, 15) is 9.18 Å². The summed E-state index contributed by atoms with van der Waals surface area (Å²) in [6.07, 6.45) is 9.30. The number of carbonyl (C=O) groups is 1. The Kier molecular flexibility index (Phi) is 5.02. The van der Waals surface area contributed by atoms with Gasteiger partial charge in [0.15, 0.2) is 0 Å². The Morgan fingerprint density at radius 2 is 2.07 bits per heavy atom. The van der Waals surface area contributed by atoms with Gasteiger partial charge < -0.3 is 21.3 Å². The first kappa shape index (κ1) is 17.5. The van der Waals surface area contributed by atoms with Gasteiger partial charge in [-0.1, -0.05) is 18.2 Å². The molecular formula is C20H22FN5O. The first-order valence-electron chi connectivity index (χ1n) is 9.17. The van der Waals surface area contributed by atoms with Crippen LogP contribution in [0, 0.1) is 11.7 Å². The molecule has 2 aliphatic heterocycles. The largest absolute Gasteiger partial charge is 0.365 e. The molecule has 6 nitrogen and oxygen atoms in total. The molecule has 0 bridgehead atoms. The Bertz CT molecular complexity index is 904. The van der Waals surface area contributed by atoms with E-state index >= 15 is 0 Å². The Morgan fingerprint density at radius 3 is 2.93 bits per heavy atom. The van der Waals surface area contributed by atoms with Gasteiger partial charge in [0.2, 0.25) is 0 Å². The first-order chi connectivity index (χ1) is 13.2. The molecule has 1 aromatic carbocycles. The van der Waals surface area contributed by atoms with Gasteiger partial charge in [-0.05, 0) is 50.2 Å². The van der Waals surface area contributed by atoms with Gasteiger partial charge in [-0.15, -0.1) is 0 Å². The highest BCUT2D eigenvalue weighted by Crippen LogP contribution is 2.24. The highest BCUT2D eigenvalue weighted by Gasteiger charge is 2.21. The molecule has 1 unspecified atom stereocenters. The molecule has 0 spiro atoms. The van der Waals surface area contributed by atoms with Crippen molar-refractivity contribution in [2.24, 2.45) is 5.92 Å². The van der Waals surface area contributed by atoms with Crippen molar-refractivity contribution in [2.75, 3.05) is 18.4 Å². The van der Waals surface area contributed by atoms with Crippen molar-refractivity contribution in [3.05, 3.63) is 60.2 Å². The average molecular weight is 367 g/mol. The lowest BCUT2D eigenvalue weighted by molar-refractivity contribution is 0.248. The van der Waals surface area contributed by atoms with Crippen LogP contribution in [-0.4, -0.2) is 30.3 Å². The van der Waals surface area contributed by atoms with Crippen LogP contribution in [0.25, 0.3) is 10.9 Å². The summed E-state index contributed by atoms with van der Waals surface area (Å²) in [6, 6.07) is 5.98. The van der Waals surface area contributed by atoms with Crippen LogP contribution < -0.4 is 21.3 Å². The monoisotopic (exact) mass is 367 g/mol. The predicted octanol–water partition coefficient (Wildman–Crippen LogP) is 2.86. The van der Waals surface area contributed by atoms with E-state index < -0.39 is 5.82 Å². The fourth-order valence-corrected chi connectivity index (χ4v) is 3.57. The van der Waals surface area contributed by atoms with Crippen molar-refractivity contribution < 1.29 is 9.18 Å². The third kappa shape index (κ3) is 3.93. The minimum atomic E-state index is -0.412. The van der Waals surface area contributed by atoms with Gasteiger partial charge in [0, 0.05) is 23.2 Å². The van der Waals surface area contributed by atoms with Crippen LogP contribution in [0.1, 0.15) is 12.8 Å². The molecular weight excluding hydrogens is 345 g/mol. The minimum absolute atomic E-state index is 0.238. The van der Waals surface area contributed by atoms with Crippen LogP contribution in [0.2, 0.25) is 0 Å². The molecule has 0 aliphatic carbocycles. The van der Waals surface area contributed by atoms with Gasteiger partial charge in [-0.25, -0.2) is 9.18 Å². The molecule has 140 valence electrons. The van der Waals surface area contributed by atoms with Gasteiger partial charge >= 0.3 is 6.03 Å². The lowest BCUT2D eigenvalue weighted by Gasteiger charge is -2.30. The summed E-state index contributed by atoms with van der Waals surface area (Å²) >= 11 is 0. The van der Waals surface area contributed by atoms with E-state index in [2.05, 4.69) is 32.3 Å². The van der Waals surface area contributed by atoms with E-state index in [0.29, 0.717) is 17.0 Å². The van der Waals surface area contributed by atoms with E-state index in [1.807, 2.05) is 12.2 Å². The third-order valence-corrected chi connectivity index (χ3v) is 4.94. The number of aromatic nitrogens is 1. The van der Waals surface area contributed by atoms with E-state index in [1.54, 1.807) is 18.2 Å². The van der Waals surface area contributed by atoms with Crippen LogP contribution >= 0.6 is 0 Å².